The number of aryl methyl sites for hydroxylation is 1. The van der Waals surface area contributed by atoms with Crippen molar-refractivity contribution in [2.45, 2.75) is 54.1 Å². The number of nitrogens with zero attached hydrogens (tertiary/aromatic N) is 2. The van der Waals surface area contributed by atoms with Crippen LogP contribution in [0.25, 0.3) is 5.70 Å². The van der Waals surface area contributed by atoms with Crippen LogP contribution in [0.4, 0.5) is 4.39 Å². The van der Waals surface area contributed by atoms with Crippen LogP contribution >= 0.6 is 0 Å². The maximum Gasteiger partial charge on any atom is 0.175 e. The SMILES string of the molecule is CC.CC.CCC(=O)C1NC=C2C=CC(C3=C(c4ccc(F)c(C)c4)N(C)CC=C3)=CN21. The van der Waals surface area contributed by atoms with Crippen LogP contribution in [0.5, 0.6) is 0 Å². The number of hydrogen-bond acceptors (Lipinski definition) is 4. The fraction of sp³-hybridized carbons (Fsp3) is 0.370. The molecule has 0 fully saturated rings. The molecule has 0 bridgehead atoms. The minimum Gasteiger partial charge on any atom is -0.370 e. The molecule has 0 spiro atoms. The van der Waals surface area contributed by atoms with E-state index in [0.29, 0.717) is 12.0 Å². The second kappa shape index (κ2) is 11.5. The molecule has 1 atom stereocenters. The van der Waals surface area contributed by atoms with Crippen molar-refractivity contribution in [1.29, 1.82) is 0 Å². The molecule has 0 saturated heterocycles. The Morgan fingerprint density at radius 3 is 2.53 bits per heavy atom. The molecule has 1 aromatic rings. The summed E-state index contributed by atoms with van der Waals surface area (Å²) in [6, 6.07) is 5.24. The smallest absolute Gasteiger partial charge is 0.175 e. The first-order valence-corrected chi connectivity index (χ1v) is 11.6. The van der Waals surface area contributed by atoms with Gasteiger partial charge in [-0.05, 0) is 42.3 Å². The fourth-order valence-corrected chi connectivity index (χ4v) is 3.83. The lowest BCUT2D eigenvalue weighted by Crippen LogP contribution is -2.41. The van der Waals surface area contributed by atoms with Gasteiger partial charge < -0.3 is 15.1 Å². The summed E-state index contributed by atoms with van der Waals surface area (Å²) < 4.78 is 13.8. The molecule has 0 aromatic heterocycles. The molecule has 0 amide bonds. The van der Waals surface area contributed by atoms with Gasteiger partial charge in [0.25, 0.3) is 0 Å². The van der Waals surface area contributed by atoms with Gasteiger partial charge in [-0.1, -0.05) is 52.8 Å². The quantitative estimate of drug-likeness (QED) is 0.636. The number of rotatable bonds is 4. The van der Waals surface area contributed by atoms with Gasteiger partial charge in [-0.25, -0.2) is 4.39 Å². The molecule has 0 saturated carbocycles. The fourth-order valence-electron chi connectivity index (χ4n) is 3.83. The number of carbonyl (C=O) groups is 1. The number of allylic oxidation sites excluding steroid dienone is 5. The van der Waals surface area contributed by atoms with Crippen LogP contribution in [-0.4, -0.2) is 35.3 Å². The second-order valence-electron chi connectivity index (χ2n) is 7.29. The molecule has 3 aliphatic heterocycles. The standard InChI is InChI=1S/C23H24FN3O.2C2H6/c1-4-21(28)23-25-13-18-9-7-17(14-27(18)23)19-6-5-11-26(3)22(19)16-8-10-20(24)15(2)12-16;2*1-2/h5-10,12-14,23,25H,4,11H2,1-3H3;2*1-2H3. The Kier molecular flexibility index (Phi) is 9.06. The first-order chi connectivity index (χ1) is 15.5. The highest BCUT2D eigenvalue weighted by atomic mass is 19.1. The Bertz CT molecular complexity index is 985. The molecule has 3 heterocycles. The average Bonchev–Trinajstić information content (AvgIpc) is 3.26. The van der Waals surface area contributed by atoms with E-state index in [1.165, 1.54) is 6.07 Å². The van der Waals surface area contributed by atoms with Crippen LogP contribution in [0.2, 0.25) is 0 Å². The van der Waals surface area contributed by atoms with Crippen molar-refractivity contribution in [3.05, 3.63) is 88.7 Å². The van der Waals surface area contributed by atoms with Crippen molar-refractivity contribution in [2.24, 2.45) is 0 Å². The lowest BCUT2D eigenvalue weighted by atomic mass is 9.94. The van der Waals surface area contributed by atoms with Gasteiger partial charge in [0.05, 0.1) is 11.4 Å². The highest BCUT2D eigenvalue weighted by molar-refractivity contribution is 5.85. The molecule has 4 nitrogen and oxygen atoms in total. The van der Waals surface area contributed by atoms with E-state index < -0.39 is 0 Å². The van der Waals surface area contributed by atoms with E-state index in [0.717, 1.165) is 34.6 Å². The number of benzene rings is 1. The molecule has 32 heavy (non-hydrogen) atoms. The maximum atomic E-state index is 13.8. The van der Waals surface area contributed by atoms with Gasteiger partial charge in [0, 0.05) is 43.6 Å². The van der Waals surface area contributed by atoms with Gasteiger partial charge in [0.15, 0.2) is 11.9 Å². The molecular weight excluding hydrogens is 401 g/mol. The topological polar surface area (TPSA) is 35.6 Å². The van der Waals surface area contributed by atoms with E-state index in [9.17, 15) is 9.18 Å². The lowest BCUT2D eigenvalue weighted by molar-refractivity contribution is -0.122. The van der Waals surface area contributed by atoms with Crippen LogP contribution in [0.1, 0.15) is 52.2 Å². The van der Waals surface area contributed by atoms with Crippen LogP contribution in [0.15, 0.2) is 71.7 Å². The number of hydrogen-bond donors (Lipinski definition) is 1. The van der Waals surface area contributed by atoms with Crippen molar-refractivity contribution in [3.63, 3.8) is 0 Å². The Morgan fingerprint density at radius 1 is 1.16 bits per heavy atom. The third-order valence-corrected chi connectivity index (χ3v) is 5.37. The van der Waals surface area contributed by atoms with E-state index in [1.807, 2.05) is 77.2 Å². The molecule has 172 valence electrons. The molecule has 4 rings (SSSR count). The third kappa shape index (κ3) is 5.04. The monoisotopic (exact) mass is 437 g/mol. The molecule has 1 unspecified atom stereocenters. The van der Waals surface area contributed by atoms with Gasteiger partial charge in [-0.2, -0.15) is 0 Å². The summed E-state index contributed by atoms with van der Waals surface area (Å²) in [6.45, 7) is 12.5. The number of nitrogens with one attached hydrogen (secondary N) is 1. The third-order valence-electron chi connectivity index (χ3n) is 5.37. The summed E-state index contributed by atoms with van der Waals surface area (Å²) >= 11 is 0. The number of likely N-dealkylation sites (N-methyl/N-ethyl adjacent to an activating group) is 1. The predicted molar refractivity (Wildman–Crippen MR) is 132 cm³/mol. The molecule has 0 aliphatic carbocycles. The van der Waals surface area contributed by atoms with Crippen LogP contribution in [0, 0.1) is 12.7 Å². The first kappa shape index (κ1) is 25.2. The summed E-state index contributed by atoms with van der Waals surface area (Å²) in [4.78, 5) is 16.5. The molecule has 0 radical (unpaired) electrons. The number of halogens is 1. The molecule has 5 heteroatoms. The van der Waals surface area contributed by atoms with Gasteiger partial charge in [-0.15, -0.1) is 0 Å². The van der Waals surface area contributed by atoms with Crippen LogP contribution in [-0.2, 0) is 4.79 Å². The van der Waals surface area contributed by atoms with Gasteiger partial charge in [0.1, 0.15) is 5.82 Å². The predicted octanol–water partition coefficient (Wildman–Crippen LogP) is 5.90. The average molecular weight is 438 g/mol. The number of ketones is 1. The van der Waals surface area contributed by atoms with E-state index in [4.69, 9.17) is 0 Å². The largest absolute Gasteiger partial charge is 0.370 e. The van der Waals surface area contributed by atoms with Crippen LogP contribution in [0.3, 0.4) is 0 Å². The van der Waals surface area contributed by atoms with Gasteiger partial charge >= 0.3 is 0 Å². The number of carbonyl (C=O) groups excluding carboxylic acids is 1. The normalized spacial score (nSPS) is 18.6. The lowest BCUT2D eigenvalue weighted by Gasteiger charge is -2.31. The Hall–Kier alpha value is -3.08. The van der Waals surface area contributed by atoms with Crippen LogP contribution < -0.4 is 5.32 Å². The summed E-state index contributed by atoms with van der Waals surface area (Å²) in [5.41, 5.74) is 5.72. The van der Waals surface area contributed by atoms with Gasteiger partial charge in [0.2, 0.25) is 0 Å². The molecule has 1 aromatic carbocycles. The summed E-state index contributed by atoms with van der Waals surface area (Å²) in [7, 11) is 2.04. The summed E-state index contributed by atoms with van der Waals surface area (Å²) in [5.74, 6) is -0.0488. The van der Waals surface area contributed by atoms with E-state index >= 15 is 0 Å². The van der Waals surface area contributed by atoms with Crippen molar-refractivity contribution in [1.82, 2.24) is 15.1 Å². The zero-order valence-corrected chi connectivity index (χ0v) is 20.4. The van der Waals surface area contributed by atoms with Crippen molar-refractivity contribution in [3.8, 4) is 0 Å². The summed E-state index contributed by atoms with van der Waals surface area (Å²) in [5, 5.41) is 3.17. The first-order valence-electron chi connectivity index (χ1n) is 11.6. The molecule has 3 aliphatic rings. The van der Waals surface area contributed by atoms with E-state index in [2.05, 4.69) is 28.4 Å². The second-order valence-corrected chi connectivity index (χ2v) is 7.29. The highest BCUT2D eigenvalue weighted by Crippen LogP contribution is 2.35. The van der Waals surface area contributed by atoms with Crippen molar-refractivity contribution >= 4 is 11.5 Å². The molecule has 1 N–H and O–H groups in total. The minimum absolute atomic E-state index is 0.150. The van der Waals surface area contributed by atoms with E-state index in [-0.39, 0.29) is 17.8 Å². The minimum atomic E-state index is -0.359. The van der Waals surface area contributed by atoms with E-state index in [1.54, 1.807) is 6.92 Å². The van der Waals surface area contributed by atoms with Crippen molar-refractivity contribution in [2.75, 3.05) is 13.6 Å². The number of fused-ring (bicyclic) bond motifs is 1. The zero-order valence-electron chi connectivity index (χ0n) is 20.4. The summed E-state index contributed by atoms with van der Waals surface area (Å²) in [6.07, 6.45) is 12.3. The Labute approximate surface area is 192 Å². The Morgan fingerprint density at radius 2 is 1.88 bits per heavy atom. The maximum absolute atomic E-state index is 13.8. The van der Waals surface area contributed by atoms with Gasteiger partial charge in [-0.3, -0.25) is 4.79 Å². The highest BCUT2D eigenvalue weighted by Gasteiger charge is 2.30. The number of Topliss-reactive ketones (excluding diaryl/α,β-unsaturated/α-hetero) is 1. The Balaban J connectivity index is 0.000000860. The zero-order chi connectivity index (χ0) is 23.8. The molecular formula is C27H36FN3O. The van der Waals surface area contributed by atoms with Crippen molar-refractivity contribution < 1.29 is 9.18 Å².